The summed E-state index contributed by atoms with van der Waals surface area (Å²) in [5.41, 5.74) is 0. The number of aliphatic hydroxyl groups excluding tert-OH is 2. The lowest BCUT2D eigenvalue weighted by Gasteiger charge is -2.11. The van der Waals surface area contributed by atoms with Crippen LogP contribution < -0.4 is 0 Å². The summed E-state index contributed by atoms with van der Waals surface area (Å²) in [5, 5.41) is 18.6. The van der Waals surface area contributed by atoms with Crippen LogP contribution in [-0.2, 0) is 9.53 Å². The van der Waals surface area contributed by atoms with Crippen molar-refractivity contribution in [2.45, 2.75) is 83.8 Å². The van der Waals surface area contributed by atoms with Gasteiger partial charge in [0.1, 0.15) is 6.61 Å². The third-order valence-electron chi connectivity index (χ3n) is 3.03. The highest BCUT2D eigenvalue weighted by molar-refractivity contribution is 5.69. The van der Waals surface area contributed by atoms with E-state index in [2.05, 4.69) is 6.92 Å². The van der Waals surface area contributed by atoms with Crippen molar-refractivity contribution in [2.24, 2.45) is 0 Å². The van der Waals surface area contributed by atoms with Crippen molar-refractivity contribution in [1.82, 2.24) is 0 Å². The van der Waals surface area contributed by atoms with E-state index in [0.29, 0.717) is 6.42 Å². The molecule has 0 fully saturated rings. The Labute approximate surface area is 117 Å². The predicted octanol–water partition coefficient (Wildman–Crippen LogP) is 2.80. The summed E-state index contributed by atoms with van der Waals surface area (Å²) < 4.78 is 4.80. The van der Waals surface area contributed by atoms with Crippen LogP contribution in [0.4, 0.5) is 0 Å². The second-order valence-corrected chi connectivity index (χ2v) is 5.30. The van der Waals surface area contributed by atoms with Gasteiger partial charge in [-0.3, -0.25) is 4.79 Å². The number of rotatable bonds is 12. The van der Waals surface area contributed by atoms with Gasteiger partial charge in [-0.25, -0.2) is 0 Å². The molecule has 0 bridgehead atoms. The molecule has 0 aromatic rings. The lowest BCUT2D eigenvalue weighted by atomic mass is 10.1. The Bertz CT molecular complexity index is 216. The standard InChI is InChI=1S/C15H30O4/c1-3-4-5-6-7-8-9-10-14(17)11-15(18)19-12-13(2)16/h13-14,16-17H,3-12H2,1-2H3. The Morgan fingerprint density at radius 1 is 1.05 bits per heavy atom. The molecule has 0 rings (SSSR count). The number of ether oxygens (including phenoxy) is 1. The molecule has 19 heavy (non-hydrogen) atoms. The van der Waals surface area contributed by atoms with E-state index in [9.17, 15) is 9.90 Å². The van der Waals surface area contributed by atoms with E-state index in [4.69, 9.17) is 9.84 Å². The molecule has 2 atom stereocenters. The summed E-state index contributed by atoms with van der Waals surface area (Å²) in [7, 11) is 0. The van der Waals surface area contributed by atoms with Gasteiger partial charge in [-0.15, -0.1) is 0 Å². The van der Waals surface area contributed by atoms with Crippen molar-refractivity contribution in [1.29, 1.82) is 0 Å². The summed E-state index contributed by atoms with van der Waals surface area (Å²) >= 11 is 0. The number of esters is 1. The van der Waals surface area contributed by atoms with E-state index in [0.717, 1.165) is 12.8 Å². The molecule has 0 spiro atoms. The van der Waals surface area contributed by atoms with Crippen LogP contribution in [0.1, 0.15) is 71.6 Å². The van der Waals surface area contributed by atoms with Gasteiger partial charge < -0.3 is 14.9 Å². The van der Waals surface area contributed by atoms with Crippen molar-refractivity contribution < 1.29 is 19.7 Å². The van der Waals surface area contributed by atoms with Gasteiger partial charge in [-0.05, 0) is 13.3 Å². The summed E-state index contributed by atoms with van der Waals surface area (Å²) in [6.45, 7) is 3.76. The van der Waals surface area contributed by atoms with Crippen LogP contribution in [0.15, 0.2) is 0 Å². The van der Waals surface area contributed by atoms with Crippen molar-refractivity contribution in [2.75, 3.05) is 6.61 Å². The average Bonchev–Trinajstić information content (AvgIpc) is 2.35. The number of hydrogen-bond acceptors (Lipinski definition) is 4. The molecule has 0 aromatic heterocycles. The van der Waals surface area contributed by atoms with Crippen LogP contribution in [0, 0.1) is 0 Å². The van der Waals surface area contributed by atoms with Crippen molar-refractivity contribution >= 4 is 5.97 Å². The fourth-order valence-electron chi connectivity index (χ4n) is 1.90. The molecule has 0 aliphatic carbocycles. The van der Waals surface area contributed by atoms with E-state index < -0.39 is 18.2 Å². The highest BCUT2D eigenvalue weighted by Gasteiger charge is 2.12. The minimum absolute atomic E-state index is 0.00296. The first-order chi connectivity index (χ1) is 9.06. The minimum atomic E-state index is -0.649. The van der Waals surface area contributed by atoms with Crippen LogP contribution in [-0.4, -0.2) is 35.0 Å². The molecule has 2 unspecified atom stereocenters. The highest BCUT2D eigenvalue weighted by atomic mass is 16.5. The Kier molecular flexibility index (Phi) is 12.0. The zero-order chi connectivity index (χ0) is 14.5. The van der Waals surface area contributed by atoms with Crippen molar-refractivity contribution in [3.8, 4) is 0 Å². The fourth-order valence-corrected chi connectivity index (χ4v) is 1.90. The van der Waals surface area contributed by atoms with E-state index in [1.165, 1.54) is 32.1 Å². The normalized spacial score (nSPS) is 14.1. The molecule has 4 heteroatoms. The lowest BCUT2D eigenvalue weighted by molar-refractivity contribution is -0.148. The number of hydrogen-bond donors (Lipinski definition) is 2. The summed E-state index contributed by atoms with van der Waals surface area (Å²) in [6.07, 6.45) is 7.82. The second-order valence-electron chi connectivity index (χ2n) is 5.30. The van der Waals surface area contributed by atoms with Gasteiger partial charge in [0.2, 0.25) is 0 Å². The maximum absolute atomic E-state index is 11.3. The van der Waals surface area contributed by atoms with Gasteiger partial charge in [0, 0.05) is 0 Å². The van der Waals surface area contributed by atoms with Crippen LogP contribution >= 0.6 is 0 Å². The Morgan fingerprint density at radius 2 is 1.63 bits per heavy atom. The third kappa shape index (κ3) is 13.6. The highest BCUT2D eigenvalue weighted by Crippen LogP contribution is 2.11. The fraction of sp³-hybridized carbons (Fsp3) is 0.933. The molecule has 0 aliphatic heterocycles. The molecule has 0 aliphatic rings. The van der Waals surface area contributed by atoms with Gasteiger partial charge in [0.25, 0.3) is 0 Å². The van der Waals surface area contributed by atoms with Gasteiger partial charge >= 0.3 is 5.97 Å². The number of unbranched alkanes of at least 4 members (excludes halogenated alkanes) is 6. The zero-order valence-electron chi connectivity index (χ0n) is 12.4. The first-order valence-electron chi connectivity index (χ1n) is 7.58. The van der Waals surface area contributed by atoms with Crippen LogP contribution in [0.5, 0.6) is 0 Å². The quantitative estimate of drug-likeness (QED) is 0.424. The van der Waals surface area contributed by atoms with Crippen LogP contribution in [0.2, 0.25) is 0 Å². The van der Waals surface area contributed by atoms with Crippen LogP contribution in [0.25, 0.3) is 0 Å². The molecule has 4 nitrogen and oxygen atoms in total. The molecule has 0 aromatic carbocycles. The molecular weight excluding hydrogens is 244 g/mol. The molecule has 0 heterocycles. The number of carbonyl (C=O) groups is 1. The molecule has 0 amide bonds. The van der Waals surface area contributed by atoms with Crippen molar-refractivity contribution in [3.05, 3.63) is 0 Å². The SMILES string of the molecule is CCCCCCCCCC(O)CC(=O)OCC(C)O. The van der Waals surface area contributed by atoms with Gasteiger partial charge in [0.05, 0.1) is 18.6 Å². The van der Waals surface area contributed by atoms with E-state index in [1.807, 2.05) is 0 Å². The molecule has 0 saturated heterocycles. The predicted molar refractivity (Wildman–Crippen MR) is 75.9 cm³/mol. The average molecular weight is 274 g/mol. The summed E-state index contributed by atoms with van der Waals surface area (Å²) in [6, 6.07) is 0. The number of aliphatic hydroxyl groups is 2. The summed E-state index contributed by atoms with van der Waals surface area (Å²) in [5.74, 6) is -0.434. The van der Waals surface area contributed by atoms with Crippen LogP contribution in [0.3, 0.4) is 0 Å². The molecule has 2 N–H and O–H groups in total. The smallest absolute Gasteiger partial charge is 0.308 e. The second kappa shape index (κ2) is 12.4. The molecule has 114 valence electrons. The number of carbonyl (C=O) groups excluding carboxylic acids is 1. The van der Waals surface area contributed by atoms with E-state index >= 15 is 0 Å². The monoisotopic (exact) mass is 274 g/mol. The largest absolute Gasteiger partial charge is 0.463 e. The first kappa shape index (κ1) is 18.4. The maximum atomic E-state index is 11.3. The van der Waals surface area contributed by atoms with E-state index in [-0.39, 0.29) is 13.0 Å². The lowest BCUT2D eigenvalue weighted by Crippen LogP contribution is -2.20. The molecular formula is C15H30O4. The van der Waals surface area contributed by atoms with Gasteiger partial charge in [0.15, 0.2) is 0 Å². The third-order valence-corrected chi connectivity index (χ3v) is 3.03. The Balaban J connectivity index is 3.38. The summed E-state index contributed by atoms with van der Waals surface area (Å²) in [4.78, 5) is 11.3. The van der Waals surface area contributed by atoms with E-state index in [1.54, 1.807) is 6.92 Å². The zero-order valence-corrected chi connectivity index (χ0v) is 12.4. The van der Waals surface area contributed by atoms with Crippen molar-refractivity contribution in [3.63, 3.8) is 0 Å². The topological polar surface area (TPSA) is 66.8 Å². The molecule has 0 radical (unpaired) electrons. The minimum Gasteiger partial charge on any atom is -0.463 e. The van der Waals surface area contributed by atoms with Gasteiger partial charge in [-0.1, -0.05) is 51.9 Å². The Morgan fingerprint density at radius 3 is 2.21 bits per heavy atom. The maximum Gasteiger partial charge on any atom is 0.308 e. The first-order valence-corrected chi connectivity index (χ1v) is 7.58. The Hall–Kier alpha value is -0.610. The van der Waals surface area contributed by atoms with Gasteiger partial charge in [-0.2, -0.15) is 0 Å². The molecule has 0 saturated carbocycles.